The van der Waals surface area contributed by atoms with E-state index in [0.717, 1.165) is 19.5 Å². The number of carbonyl (C=O) groups excluding carboxylic acids is 1. The van der Waals surface area contributed by atoms with Gasteiger partial charge in [-0.2, -0.15) is 0 Å². The number of hydrogen-bond donors (Lipinski definition) is 1. The summed E-state index contributed by atoms with van der Waals surface area (Å²) in [4.78, 5) is 14.3. The van der Waals surface area contributed by atoms with E-state index < -0.39 is 0 Å². The Balaban J connectivity index is 1.45. The van der Waals surface area contributed by atoms with Crippen molar-refractivity contribution >= 4 is 5.91 Å². The van der Waals surface area contributed by atoms with E-state index in [9.17, 15) is 4.79 Å². The van der Waals surface area contributed by atoms with Gasteiger partial charge >= 0.3 is 0 Å². The van der Waals surface area contributed by atoms with Crippen LogP contribution < -0.4 is 5.32 Å². The molecule has 3 nitrogen and oxygen atoms in total. The van der Waals surface area contributed by atoms with E-state index in [1.807, 2.05) is 0 Å². The van der Waals surface area contributed by atoms with Crippen LogP contribution in [0.5, 0.6) is 0 Å². The second-order valence-corrected chi connectivity index (χ2v) is 6.91. The molecule has 1 N–H and O–H groups in total. The zero-order chi connectivity index (χ0) is 13.7. The molecular weight excluding hydrogens is 248 g/mol. The van der Waals surface area contributed by atoms with Crippen LogP contribution in [0.15, 0.2) is 30.3 Å². The summed E-state index contributed by atoms with van der Waals surface area (Å²) in [5, 5.41) is 3.37. The van der Waals surface area contributed by atoms with E-state index in [2.05, 4.69) is 40.5 Å². The molecule has 4 rings (SSSR count). The van der Waals surface area contributed by atoms with Gasteiger partial charge in [-0.15, -0.1) is 0 Å². The van der Waals surface area contributed by atoms with Gasteiger partial charge in [0.15, 0.2) is 0 Å². The fourth-order valence-electron chi connectivity index (χ4n) is 4.21. The van der Waals surface area contributed by atoms with Crippen molar-refractivity contribution in [2.75, 3.05) is 13.1 Å². The van der Waals surface area contributed by atoms with Crippen molar-refractivity contribution in [3.63, 3.8) is 0 Å². The van der Waals surface area contributed by atoms with Gasteiger partial charge in [0.05, 0.1) is 0 Å². The van der Waals surface area contributed by atoms with E-state index in [0.29, 0.717) is 23.4 Å². The second kappa shape index (κ2) is 4.32. The molecule has 1 aromatic carbocycles. The molecule has 1 amide bonds. The highest BCUT2D eigenvalue weighted by Crippen LogP contribution is 2.52. The number of rotatable bonds is 3. The molecule has 1 spiro atoms. The van der Waals surface area contributed by atoms with Crippen LogP contribution in [-0.2, 0) is 4.79 Å². The van der Waals surface area contributed by atoms with Crippen LogP contribution in [-0.4, -0.2) is 36.0 Å². The Bertz CT molecular complexity index is 515. The van der Waals surface area contributed by atoms with Crippen LogP contribution >= 0.6 is 0 Å². The van der Waals surface area contributed by atoms with Crippen LogP contribution in [0.1, 0.15) is 37.7 Å². The minimum atomic E-state index is 0.264. The normalized spacial score (nSPS) is 30.4. The van der Waals surface area contributed by atoms with Crippen LogP contribution in [0.4, 0.5) is 0 Å². The quantitative estimate of drug-likeness (QED) is 0.912. The highest BCUT2D eigenvalue weighted by atomic mass is 16.2. The van der Waals surface area contributed by atoms with Gasteiger partial charge in [0.25, 0.3) is 0 Å². The second-order valence-electron chi connectivity index (χ2n) is 6.91. The molecule has 0 radical (unpaired) electrons. The van der Waals surface area contributed by atoms with Crippen LogP contribution in [0.25, 0.3) is 0 Å². The third-order valence-corrected chi connectivity index (χ3v) is 5.44. The fraction of sp³-hybridized carbons (Fsp3) is 0.588. The molecular formula is C17H22N2O. The Morgan fingerprint density at radius 2 is 1.95 bits per heavy atom. The lowest BCUT2D eigenvalue weighted by molar-refractivity contribution is -0.139. The lowest BCUT2D eigenvalue weighted by Gasteiger charge is -2.57. The first-order chi connectivity index (χ1) is 9.69. The Kier molecular flexibility index (Phi) is 2.68. The largest absolute Gasteiger partial charge is 0.336 e. The van der Waals surface area contributed by atoms with Crippen molar-refractivity contribution in [3.8, 4) is 0 Å². The Morgan fingerprint density at radius 3 is 2.50 bits per heavy atom. The number of benzene rings is 1. The third kappa shape index (κ3) is 1.87. The standard InChI is InChI=1S/C17H22N2O/c1-12(20)19(14-8-17(9-14)10-18-11-17)16-7-15(16)13-5-3-2-4-6-13/h2-6,14-16,18H,7-11H2,1H3. The smallest absolute Gasteiger partial charge is 0.219 e. The molecule has 0 aromatic heterocycles. The lowest BCUT2D eigenvalue weighted by Crippen LogP contribution is -2.66. The van der Waals surface area contributed by atoms with Gasteiger partial charge in [0.1, 0.15) is 0 Å². The summed E-state index contributed by atoms with van der Waals surface area (Å²) in [5.41, 5.74) is 1.93. The minimum absolute atomic E-state index is 0.264. The van der Waals surface area contributed by atoms with Crippen molar-refractivity contribution in [3.05, 3.63) is 35.9 Å². The number of nitrogens with one attached hydrogen (secondary N) is 1. The van der Waals surface area contributed by atoms with Crippen LogP contribution in [0, 0.1) is 5.41 Å². The maximum atomic E-state index is 12.1. The average Bonchev–Trinajstić information content (AvgIpc) is 3.11. The predicted octanol–water partition coefficient (Wildman–Crippen LogP) is 2.14. The molecule has 20 heavy (non-hydrogen) atoms. The highest BCUT2D eigenvalue weighted by Gasteiger charge is 2.55. The zero-order valence-electron chi connectivity index (χ0n) is 12.0. The molecule has 1 aliphatic heterocycles. The fourth-order valence-corrected chi connectivity index (χ4v) is 4.21. The summed E-state index contributed by atoms with van der Waals surface area (Å²) in [6.45, 7) is 4.05. The van der Waals surface area contributed by atoms with Gasteiger partial charge in [0.2, 0.25) is 5.91 Å². The predicted molar refractivity (Wildman–Crippen MR) is 78.4 cm³/mol. The first-order valence-corrected chi connectivity index (χ1v) is 7.73. The van der Waals surface area contributed by atoms with Crippen LogP contribution in [0.2, 0.25) is 0 Å². The summed E-state index contributed by atoms with van der Waals surface area (Å²) >= 11 is 0. The number of hydrogen-bond acceptors (Lipinski definition) is 2. The lowest BCUT2D eigenvalue weighted by atomic mass is 9.61. The first-order valence-electron chi connectivity index (χ1n) is 7.73. The molecule has 2 aliphatic carbocycles. The maximum absolute atomic E-state index is 12.1. The Hall–Kier alpha value is -1.35. The van der Waals surface area contributed by atoms with E-state index in [1.165, 1.54) is 18.4 Å². The molecule has 3 aliphatic rings. The molecule has 1 heterocycles. The van der Waals surface area contributed by atoms with Gasteiger partial charge in [-0.25, -0.2) is 0 Å². The maximum Gasteiger partial charge on any atom is 0.219 e. The molecule has 0 bridgehead atoms. The van der Waals surface area contributed by atoms with Gasteiger partial charge in [-0.1, -0.05) is 30.3 Å². The molecule has 1 saturated heterocycles. The summed E-state index contributed by atoms with van der Waals surface area (Å²) in [5.74, 6) is 0.830. The SMILES string of the molecule is CC(=O)N(C1CC2(CNC2)C1)C1CC1c1ccccc1. The molecule has 106 valence electrons. The number of carbonyl (C=O) groups is 1. The monoisotopic (exact) mass is 270 g/mol. The summed E-state index contributed by atoms with van der Waals surface area (Å²) < 4.78 is 0. The van der Waals surface area contributed by atoms with E-state index in [-0.39, 0.29) is 5.91 Å². The number of nitrogens with zero attached hydrogens (tertiary/aromatic N) is 1. The molecule has 1 aromatic rings. The zero-order valence-corrected chi connectivity index (χ0v) is 12.0. The van der Waals surface area contributed by atoms with Crippen molar-refractivity contribution < 1.29 is 4.79 Å². The molecule has 2 saturated carbocycles. The summed E-state index contributed by atoms with van der Waals surface area (Å²) in [7, 11) is 0. The van der Waals surface area contributed by atoms with Crippen molar-refractivity contribution in [1.29, 1.82) is 0 Å². The Labute approximate surface area is 120 Å². The van der Waals surface area contributed by atoms with Crippen LogP contribution in [0.3, 0.4) is 0 Å². The summed E-state index contributed by atoms with van der Waals surface area (Å²) in [6.07, 6.45) is 3.56. The van der Waals surface area contributed by atoms with Gasteiger partial charge in [0, 0.05) is 38.0 Å². The Morgan fingerprint density at radius 1 is 1.25 bits per heavy atom. The summed E-state index contributed by atoms with van der Waals surface area (Å²) in [6, 6.07) is 11.6. The van der Waals surface area contributed by atoms with Gasteiger partial charge < -0.3 is 10.2 Å². The third-order valence-electron chi connectivity index (χ3n) is 5.44. The first kappa shape index (κ1) is 12.4. The highest BCUT2D eigenvalue weighted by molar-refractivity contribution is 5.75. The average molecular weight is 270 g/mol. The van der Waals surface area contributed by atoms with Gasteiger partial charge in [-0.3, -0.25) is 4.79 Å². The topological polar surface area (TPSA) is 32.3 Å². The van der Waals surface area contributed by atoms with E-state index in [4.69, 9.17) is 0 Å². The van der Waals surface area contributed by atoms with E-state index >= 15 is 0 Å². The van der Waals surface area contributed by atoms with Crippen molar-refractivity contribution in [2.45, 2.75) is 44.2 Å². The van der Waals surface area contributed by atoms with Crippen molar-refractivity contribution in [2.24, 2.45) is 5.41 Å². The van der Waals surface area contributed by atoms with E-state index in [1.54, 1.807) is 6.92 Å². The van der Waals surface area contributed by atoms with Gasteiger partial charge in [-0.05, 0) is 30.2 Å². The number of amides is 1. The molecule has 3 heteroatoms. The molecule has 3 fully saturated rings. The van der Waals surface area contributed by atoms with Crippen molar-refractivity contribution in [1.82, 2.24) is 10.2 Å². The minimum Gasteiger partial charge on any atom is -0.336 e. The molecule has 2 atom stereocenters. The molecule has 2 unspecified atom stereocenters.